The van der Waals surface area contributed by atoms with Gasteiger partial charge in [0.25, 0.3) is 0 Å². The Balaban J connectivity index is 1.29. The average Bonchev–Trinajstić information content (AvgIpc) is 3.07. The molecule has 2 N–H and O–H groups in total. The second kappa shape index (κ2) is 22.1. The molecular weight excluding hydrogens is 576 g/mol. The summed E-state index contributed by atoms with van der Waals surface area (Å²) >= 11 is 0. The molecule has 0 bridgehead atoms. The summed E-state index contributed by atoms with van der Waals surface area (Å²) in [4.78, 5) is 2.37. The van der Waals surface area contributed by atoms with E-state index in [1.165, 1.54) is 31.3 Å². The van der Waals surface area contributed by atoms with E-state index in [2.05, 4.69) is 70.0 Å². The highest BCUT2D eigenvalue weighted by Crippen LogP contribution is 2.22. The second-order valence-corrected chi connectivity index (χ2v) is 11.2. The number of phenolic OH excluding ortho intramolecular Hbond substituents is 1. The first-order valence-corrected chi connectivity index (χ1v) is 16.4. The van der Waals surface area contributed by atoms with E-state index >= 15 is 0 Å². The van der Waals surface area contributed by atoms with Crippen LogP contribution in [0.25, 0.3) is 0 Å². The van der Waals surface area contributed by atoms with E-state index in [9.17, 15) is 10.2 Å². The average molecular weight is 628 g/mol. The molecule has 0 radical (unpaired) electrons. The summed E-state index contributed by atoms with van der Waals surface area (Å²) in [6, 6.07) is 11.7. The molecule has 46 heavy (non-hydrogen) atoms. The summed E-state index contributed by atoms with van der Waals surface area (Å²) in [5.41, 5.74) is 0.971. The highest BCUT2D eigenvalue weighted by atomic mass is 16.5. The fourth-order valence-corrected chi connectivity index (χ4v) is 4.84. The number of rotatable bonds is 22. The van der Waals surface area contributed by atoms with E-state index in [4.69, 9.17) is 9.47 Å². The molecule has 0 saturated heterocycles. The van der Waals surface area contributed by atoms with Gasteiger partial charge >= 0.3 is 0 Å². The van der Waals surface area contributed by atoms with Crippen LogP contribution in [-0.4, -0.2) is 59.9 Å². The van der Waals surface area contributed by atoms with Crippen LogP contribution in [0.1, 0.15) is 63.9 Å². The number of phenols is 1. The van der Waals surface area contributed by atoms with Crippen LogP contribution >= 0.6 is 0 Å². The van der Waals surface area contributed by atoms with E-state index in [1.54, 1.807) is 24.3 Å². The first-order valence-electron chi connectivity index (χ1n) is 16.4. The number of aliphatic hydroxyl groups excluding tert-OH is 1. The van der Waals surface area contributed by atoms with E-state index in [0.29, 0.717) is 42.7 Å². The number of aliphatic hydroxyl groups is 1. The lowest BCUT2D eigenvalue weighted by atomic mass is 10.1. The molecule has 1 aromatic carbocycles. The third kappa shape index (κ3) is 14.6. The van der Waals surface area contributed by atoms with Crippen LogP contribution in [-0.2, 0) is 11.3 Å². The Morgan fingerprint density at radius 3 is 2.54 bits per heavy atom. The lowest BCUT2D eigenvalue weighted by Gasteiger charge is -2.27. The van der Waals surface area contributed by atoms with Crippen molar-refractivity contribution in [3.8, 4) is 11.5 Å². The van der Waals surface area contributed by atoms with Crippen LogP contribution in [0, 0.1) is 0 Å². The van der Waals surface area contributed by atoms with Crippen molar-refractivity contribution in [1.82, 2.24) is 4.90 Å². The van der Waals surface area contributed by atoms with Crippen molar-refractivity contribution in [2.75, 3.05) is 26.4 Å². The van der Waals surface area contributed by atoms with Gasteiger partial charge in [-0.15, -0.1) is 0 Å². The number of hydrogen-bond donors (Lipinski definition) is 2. The normalized spacial score (nSPS) is 15.3. The van der Waals surface area contributed by atoms with Crippen molar-refractivity contribution in [1.29, 1.82) is 0 Å². The van der Waals surface area contributed by atoms with Crippen LogP contribution in [0.15, 0.2) is 120 Å². The molecule has 0 aliphatic carbocycles. The van der Waals surface area contributed by atoms with Gasteiger partial charge in [-0.2, -0.15) is 10.2 Å². The van der Waals surface area contributed by atoms with Gasteiger partial charge in [-0.1, -0.05) is 49.8 Å². The highest BCUT2D eigenvalue weighted by Gasteiger charge is 2.08. The largest absolute Gasteiger partial charge is 0.507 e. The zero-order chi connectivity index (χ0) is 32.7. The number of nitrogens with zero attached hydrogens (tertiary/aromatic N) is 4. The fourth-order valence-electron chi connectivity index (χ4n) is 4.84. The Morgan fingerprint density at radius 2 is 1.76 bits per heavy atom. The molecule has 8 nitrogen and oxygen atoms in total. The number of benzene rings is 1. The van der Waals surface area contributed by atoms with Gasteiger partial charge in [-0.05, 0) is 69.5 Å². The second-order valence-electron chi connectivity index (χ2n) is 11.2. The van der Waals surface area contributed by atoms with Gasteiger partial charge in [0.15, 0.2) is 12.4 Å². The monoisotopic (exact) mass is 627 g/mol. The van der Waals surface area contributed by atoms with Crippen LogP contribution in [0.3, 0.4) is 0 Å². The first kappa shape index (κ1) is 36.0. The molecular formula is C38H51N4O4+. The number of hydrogen-bond acceptors (Lipinski definition) is 7. The number of allylic oxidation sites excluding steroid dienone is 5. The molecule has 1 aromatic heterocycles. The summed E-state index contributed by atoms with van der Waals surface area (Å²) in [7, 11) is 0. The Bertz CT molecular complexity index is 1350. The molecule has 0 fully saturated rings. The molecule has 2 aromatic rings. The summed E-state index contributed by atoms with van der Waals surface area (Å²) < 4.78 is 13.7. The number of aromatic hydroxyl groups is 1. The van der Waals surface area contributed by atoms with Crippen LogP contribution in [0.5, 0.6) is 11.5 Å². The Hall–Kier alpha value is -4.43. The van der Waals surface area contributed by atoms with E-state index in [-0.39, 0.29) is 11.5 Å². The third-order valence-electron chi connectivity index (χ3n) is 7.58. The molecule has 0 amide bonds. The van der Waals surface area contributed by atoms with Gasteiger partial charge in [0, 0.05) is 54.9 Å². The number of ether oxygens (including phenoxy) is 2. The molecule has 8 heteroatoms. The number of aromatic nitrogens is 1. The van der Waals surface area contributed by atoms with Crippen molar-refractivity contribution in [2.24, 2.45) is 10.2 Å². The minimum absolute atomic E-state index is 0.0111. The molecule has 246 valence electrons. The predicted octanol–water partition coefficient (Wildman–Crippen LogP) is 7.63. The molecule has 1 aliphatic heterocycles. The van der Waals surface area contributed by atoms with E-state index in [0.717, 1.165) is 51.6 Å². The summed E-state index contributed by atoms with van der Waals surface area (Å²) in [5.74, 6) is 0.664. The molecule has 2 heterocycles. The first-order chi connectivity index (χ1) is 22.6. The maximum atomic E-state index is 10.4. The van der Waals surface area contributed by atoms with Gasteiger partial charge in [-0.3, -0.25) is 0 Å². The van der Waals surface area contributed by atoms with Crippen molar-refractivity contribution < 1.29 is 24.3 Å². The molecule has 0 saturated carbocycles. The van der Waals surface area contributed by atoms with Crippen molar-refractivity contribution in [3.05, 3.63) is 115 Å². The van der Waals surface area contributed by atoms with Crippen molar-refractivity contribution in [2.45, 2.75) is 70.9 Å². The molecule has 1 unspecified atom stereocenters. The fraction of sp³-hybridized carbons (Fsp3) is 0.395. The summed E-state index contributed by atoms with van der Waals surface area (Å²) in [6.07, 6.45) is 29.4. The Kier molecular flexibility index (Phi) is 17.3. The minimum Gasteiger partial charge on any atom is -0.507 e. The van der Waals surface area contributed by atoms with Gasteiger partial charge < -0.3 is 24.6 Å². The van der Waals surface area contributed by atoms with Gasteiger partial charge in [0.05, 0.1) is 25.6 Å². The zero-order valence-electron chi connectivity index (χ0n) is 27.3. The number of unbranched alkanes of at least 4 members (excludes halogenated alkanes) is 6. The maximum Gasteiger partial charge on any atom is 0.168 e. The Morgan fingerprint density at radius 1 is 0.978 bits per heavy atom. The lowest BCUT2D eigenvalue weighted by molar-refractivity contribution is -0.697. The van der Waals surface area contributed by atoms with E-state index < -0.39 is 0 Å². The van der Waals surface area contributed by atoms with Crippen LogP contribution < -0.4 is 9.30 Å². The van der Waals surface area contributed by atoms with Crippen molar-refractivity contribution >= 4 is 12.4 Å². The van der Waals surface area contributed by atoms with E-state index in [1.807, 2.05) is 24.3 Å². The summed E-state index contributed by atoms with van der Waals surface area (Å²) in [5, 5.41) is 28.6. The summed E-state index contributed by atoms with van der Waals surface area (Å²) in [6.45, 7) is 9.68. The molecule has 0 spiro atoms. The Labute approximate surface area is 275 Å². The minimum atomic E-state index is -0.0111. The van der Waals surface area contributed by atoms with Crippen molar-refractivity contribution in [3.63, 3.8) is 0 Å². The van der Waals surface area contributed by atoms with Gasteiger partial charge in [0.2, 0.25) is 0 Å². The van der Waals surface area contributed by atoms with Gasteiger partial charge in [0.1, 0.15) is 23.8 Å². The standard InChI is InChI=1S/C38H50N4O4/c1-3-37(43)34(19-17-28-45-27-15-6-5-13-25-42-26-14-9-18-33(42)2)31-39-40-32-35-20-21-36(30-38(35)44)46-29-16-7-4-10-22-41-23-11-8-12-24-41/h3,8-9,11-12,14,17-21,23-24,26,30-33H,1,4-7,10,13,15-16,22,25,27-29H2,2H3,(H-,39,40,43,44)/p+1/b19-17-. The SMILES string of the molecule is C=C/C(O)=C(\C=C/COCCCCCCN1C=CC=CC1C)/C=N/N=C/c1ccc(OCCCCCC[n+]2ccccc2)cc1O. The van der Waals surface area contributed by atoms with Crippen LogP contribution in [0.4, 0.5) is 0 Å². The predicted molar refractivity (Wildman–Crippen MR) is 188 cm³/mol. The topological polar surface area (TPSA) is 90.8 Å². The third-order valence-corrected chi connectivity index (χ3v) is 7.58. The quantitative estimate of drug-likeness (QED) is 0.0350. The smallest absolute Gasteiger partial charge is 0.168 e. The zero-order valence-corrected chi connectivity index (χ0v) is 27.3. The molecule has 3 rings (SSSR count). The van der Waals surface area contributed by atoms with Crippen LogP contribution in [0.2, 0.25) is 0 Å². The highest BCUT2D eigenvalue weighted by molar-refractivity contribution is 5.86. The number of pyridine rings is 1. The molecule has 1 aliphatic rings. The van der Waals surface area contributed by atoms with Gasteiger partial charge in [-0.25, -0.2) is 4.57 Å². The maximum absolute atomic E-state index is 10.4. The lowest BCUT2D eigenvalue weighted by Crippen LogP contribution is -2.32. The number of aryl methyl sites for hydroxylation is 1. The molecule has 1 atom stereocenters.